The first kappa shape index (κ1) is 15.5. The van der Waals surface area contributed by atoms with Crippen LogP contribution in [0.25, 0.3) is 0 Å². The molecule has 0 spiro atoms. The lowest BCUT2D eigenvalue weighted by Gasteiger charge is -2.03. The Hall–Kier alpha value is -1.90. The average Bonchev–Trinajstić information content (AvgIpc) is 2.94. The number of nitrogens with two attached hydrogens (primary N) is 1. The third kappa shape index (κ3) is 4.55. The number of carbonyl (C=O) groups excluding carboxylic acids is 2. The number of thioether (sulfide) groups is 1. The van der Waals surface area contributed by atoms with E-state index >= 15 is 0 Å². The number of amides is 2. The first-order chi connectivity index (χ1) is 10.1. The Bertz CT molecular complexity index is 640. The van der Waals surface area contributed by atoms with Crippen LogP contribution < -0.4 is 16.6 Å². The molecule has 6 nitrogen and oxygen atoms in total. The summed E-state index contributed by atoms with van der Waals surface area (Å²) in [6.45, 7) is 1.47. The molecular formula is C13H14N4O2S2. The smallest absolute Gasteiger partial charge is 0.294 e. The van der Waals surface area contributed by atoms with Gasteiger partial charge in [-0.15, -0.1) is 23.1 Å². The van der Waals surface area contributed by atoms with Gasteiger partial charge in [-0.2, -0.15) is 0 Å². The predicted octanol–water partition coefficient (Wildman–Crippen LogP) is 2.00. The normalized spacial score (nSPS) is 10.2. The standard InChI is InChI=1S/C13H14N4O2S2/c1-8(18)15-9-2-4-11(5-3-9)20-6-10-7-21-13(16-10)12(19)17-14/h2-5,7H,6,14H2,1H3,(H,15,18)(H,17,19). The van der Waals surface area contributed by atoms with Gasteiger partial charge in [-0.05, 0) is 24.3 Å². The molecule has 0 saturated heterocycles. The maximum atomic E-state index is 11.3. The number of rotatable bonds is 5. The largest absolute Gasteiger partial charge is 0.326 e. The Morgan fingerprint density at radius 3 is 2.67 bits per heavy atom. The molecule has 110 valence electrons. The van der Waals surface area contributed by atoms with E-state index in [-0.39, 0.29) is 11.8 Å². The second-order valence-electron chi connectivity index (χ2n) is 4.11. The highest BCUT2D eigenvalue weighted by molar-refractivity contribution is 7.98. The summed E-state index contributed by atoms with van der Waals surface area (Å²) < 4.78 is 0. The van der Waals surface area contributed by atoms with Crippen molar-refractivity contribution in [2.45, 2.75) is 17.6 Å². The number of anilines is 1. The lowest BCUT2D eigenvalue weighted by Crippen LogP contribution is -2.29. The SMILES string of the molecule is CC(=O)Nc1ccc(SCc2csc(C(=O)NN)n2)cc1. The summed E-state index contributed by atoms with van der Waals surface area (Å²) in [4.78, 5) is 27.5. The molecule has 0 unspecified atom stereocenters. The molecule has 4 N–H and O–H groups in total. The molecule has 0 aliphatic rings. The fourth-order valence-electron chi connectivity index (χ4n) is 1.53. The van der Waals surface area contributed by atoms with Gasteiger partial charge in [-0.25, -0.2) is 10.8 Å². The van der Waals surface area contributed by atoms with Crippen LogP contribution in [0.2, 0.25) is 0 Å². The van der Waals surface area contributed by atoms with Crippen LogP contribution in [0.1, 0.15) is 22.4 Å². The average molecular weight is 322 g/mol. The maximum Gasteiger partial charge on any atom is 0.294 e. The molecule has 0 aliphatic heterocycles. The van der Waals surface area contributed by atoms with Gasteiger partial charge in [-0.1, -0.05) is 0 Å². The van der Waals surface area contributed by atoms with Gasteiger partial charge < -0.3 is 5.32 Å². The summed E-state index contributed by atoms with van der Waals surface area (Å²) >= 11 is 2.86. The quantitative estimate of drug-likeness (QED) is 0.338. The molecule has 0 radical (unpaired) electrons. The minimum absolute atomic E-state index is 0.0939. The minimum atomic E-state index is -0.379. The number of benzene rings is 1. The van der Waals surface area contributed by atoms with E-state index in [2.05, 4.69) is 15.7 Å². The van der Waals surface area contributed by atoms with Crippen molar-refractivity contribution in [3.8, 4) is 0 Å². The lowest BCUT2D eigenvalue weighted by molar-refractivity contribution is -0.114. The van der Waals surface area contributed by atoms with Crippen LogP contribution in [0.5, 0.6) is 0 Å². The van der Waals surface area contributed by atoms with Gasteiger partial charge in [0.15, 0.2) is 5.01 Å². The molecule has 1 aromatic heterocycles. The highest BCUT2D eigenvalue weighted by atomic mass is 32.2. The van der Waals surface area contributed by atoms with Gasteiger partial charge in [0.2, 0.25) is 5.91 Å². The fourth-order valence-corrected chi connectivity index (χ4v) is 3.15. The van der Waals surface area contributed by atoms with Crippen LogP contribution >= 0.6 is 23.1 Å². The van der Waals surface area contributed by atoms with Crippen molar-refractivity contribution in [3.63, 3.8) is 0 Å². The number of hydrogen-bond acceptors (Lipinski definition) is 6. The summed E-state index contributed by atoms with van der Waals surface area (Å²) in [6, 6.07) is 7.54. The molecule has 2 amide bonds. The summed E-state index contributed by atoms with van der Waals surface area (Å²) in [5.74, 6) is 5.25. The number of thiazole rings is 1. The maximum absolute atomic E-state index is 11.3. The first-order valence-corrected chi connectivity index (χ1v) is 7.91. The van der Waals surface area contributed by atoms with E-state index in [1.165, 1.54) is 18.3 Å². The molecule has 0 aliphatic carbocycles. The van der Waals surface area contributed by atoms with Crippen LogP contribution in [0, 0.1) is 0 Å². The highest BCUT2D eigenvalue weighted by Crippen LogP contribution is 2.25. The Morgan fingerprint density at radius 2 is 2.05 bits per heavy atom. The lowest BCUT2D eigenvalue weighted by atomic mass is 10.3. The summed E-state index contributed by atoms with van der Waals surface area (Å²) in [7, 11) is 0. The Labute approximate surface area is 130 Å². The molecule has 2 rings (SSSR count). The van der Waals surface area contributed by atoms with Gasteiger partial charge in [0.25, 0.3) is 5.91 Å². The van der Waals surface area contributed by atoms with Crippen molar-refractivity contribution in [2.24, 2.45) is 5.84 Å². The number of hydrazine groups is 1. The van der Waals surface area contributed by atoms with E-state index in [4.69, 9.17) is 5.84 Å². The molecule has 0 saturated carbocycles. The molecule has 1 aromatic carbocycles. The van der Waals surface area contributed by atoms with Crippen molar-refractivity contribution in [1.29, 1.82) is 0 Å². The third-order valence-electron chi connectivity index (χ3n) is 2.44. The molecule has 0 bridgehead atoms. The van der Waals surface area contributed by atoms with Gasteiger partial charge in [0.05, 0.1) is 5.69 Å². The summed E-state index contributed by atoms with van der Waals surface area (Å²) in [5.41, 5.74) is 3.65. The Morgan fingerprint density at radius 1 is 1.33 bits per heavy atom. The van der Waals surface area contributed by atoms with Crippen LogP contribution in [0.3, 0.4) is 0 Å². The van der Waals surface area contributed by atoms with Gasteiger partial charge in [0, 0.05) is 28.6 Å². The molecule has 21 heavy (non-hydrogen) atoms. The van der Waals surface area contributed by atoms with Gasteiger partial charge >= 0.3 is 0 Å². The second kappa shape index (κ2) is 7.21. The van der Waals surface area contributed by atoms with Crippen molar-refractivity contribution >= 4 is 40.6 Å². The number of carbonyl (C=O) groups is 2. The van der Waals surface area contributed by atoms with Crippen molar-refractivity contribution in [2.75, 3.05) is 5.32 Å². The van der Waals surface area contributed by atoms with E-state index < -0.39 is 0 Å². The monoisotopic (exact) mass is 322 g/mol. The first-order valence-electron chi connectivity index (χ1n) is 6.04. The highest BCUT2D eigenvalue weighted by Gasteiger charge is 2.09. The summed E-state index contributed by atoms with van der Waals surface area (Å²) in [6.07, 6.45) is 0. The number of hydrogen-bond donors (Lipinski definition) is 3. The van der Waals surface area contributed by atoms with Crippen LogP contribution in [0.4, 0.5) is 5.69 Å². The van der Waals surface area contributed by atoms with E-state index in [0.717, 1.165) is 16.3 Å². The van der Waals surface area contributed by atoms with Crippen molar-refractivity contribution in [1.82, 2.24) is 10.4 Å². The summed E-state index contributed by atoms with van der Waals surface area (Å²) in [5, 5.41) is 4.91. The van der Waals surface area contributed by atoms with E-state index in [1.807, 2.05) is 29.6 Å². The molecule has 0 atom stereocenters. The van der Waals surface area contributed by atoms with Crippen molar-refractivity contribution in [3.05, 3.63) is 40.3 Å². The minimum Gasteiger partial charge on any atom is -0.326 e. The van der Waals surface area contributed by atoms with Crippen LogP contribution in [0.15, 0.2) is 34.5 Å². The predicted molar refractivity (Wildman–Crippen MR) is 84.1 cm³/mol. The zero-order valence-corrected chi connectivity index (χ0v) is 12.9. The number of nitrogens with zero attached hydrogens (tertiary/aromatic N) is 1. The second-order valence-corrected chi connectivity index (χ2v) is 6.02. The number of aromatic nitrogens is 1. The molecule has 8 heteroatoms. The van der Waals surface area contributed by atoms with E-state index in [1.54, 1.807) is 11.8 Å². The molecule has 0 fully saturated rings. The van der Waals surface area contributed by atoms with Gasteiger partial charge in [0.1, 0.15) is 0 Å². The third-order valence-corrected chi connectivity index (χ3v) is 4.37. The topological polar surface area (TPSA) is 97.1 Å². The molecule has 2 aromatic rings. The Kier molecular flexibility index (Phi) is 5.32. The van der Waals surface area contributed by atoms with E-state index in [9.17, 15) is 9.59 Å². The Balaban J connectivity index is 1.92. The van der Waals surface area contributed by atoms with Crippen molar-refractivity contribution < 1.29 is 9.59 Å². The van der Waals surface area contributed by atoms with Crippen LogP contribution in [-0.4, -0.2) is 16.8 Å². The van der Waals surface area contributed by atoms with Crippen LogP contribution in [-0.2, 0) is 10.5 Å². The van der Waals surface area contributed by atoms with Gasteiger partial charge in [-0.3, -0.25) is 15.0 Å². The number of nitrogens with one attached hydrogen (secondary N) is 2. The zero-order chi connectivity index (χ0) is 15.2. The van der Waals surface area contributed by atoms with E-state index in [0.29, 0.717) is 10.8 Å². The number of nitrogen functional groups attached to an aromatic ring is 1. The molecular weight excluding hydrogens is 308 g/mol. The fraction of sp³-hybridized carbons (Fsp3) is 0.154. The zero-order valence-electron chi connectivity index (χ0n) is 11.3. The molecule has 1 heterocycles.